The summed E-state index contributed by atoms with van der Waals surface area (Å²) in [5.41, 5.74) is 8.23. The van der Waals surface area contributed by atoms with Crippen LogP contribution < -0.4 is 5.73 Å². The van der Waals surface area contributed by atoms with Crippen LogP contribution >= 0.6 is 0 Å². The highest BCUT2D eigenvalue weighted by Gasteiger charge is 2.27. The van der Waals surface area contributed by atoms with Gasteiger partial charge in [-0.1, -0.05) is 0 Å². The summed E-state index contributed by atoms with van der Waals surface area (Å²) in [6.45, 7) is 1.91. The molecule has 6 heteroatoms. The van der Waals surface area contributed by atoms with E-state index in [9.17, 15) is 8.42 Å². The van der Waals surface area contributed by atoms with Gasteiger partial charge in [0.15, 0.2) is 9.84 Å². The minimum atomic E-state index is -2.92. The maximum absolute atomic E-state index is 11.8. The third-order valence-electron chi connectivity index (χ3n) is 3.69. The summed E-state index contributed by atoms with van der Waals surface area (Å²) in [5.74, 6) is 1.37. The summed E-state index contributed by atoms with van der Waals surface area (Å²) in [7, 11) is -2.92. The number of anilines is 1. The highest BCUT2D eigenvalue weighted by molar-refractivity contribution is 7.91. The van der Waals surface area contributed by atoms with Crippen molar-refractivity contribution in [3.05, 3.63) is 24.0 Å². The molecule has 0 bridgehead atoms. The van der Waals surface area contributed by atoms with E-state index in [0.29, 0.717) is 11.4 Å². The van der Waals surface area contributed by atoms with E-state index >= 15 is 0 Å². The molecule has 1 aliphatic rings. The van der Waals surface area contributed by atoms with Gasteiger partial charge in [-0.15, -0.1) is 0 Å². The van der Waals surface area contributed by atoms with Gasteiger partial charge < -0.3 is 10.3 Å². The zero-order chi connectivity index (χ0) is 13.6. The largest absolute Gasteiger partial charge is 0.399 e. The average Bonchev–Trinajstić information content (AvgIpc) is 2.62. The third kappa shape index (κ3) is 2.20. The van der Waals surface area contributed by atoms with Crippen molar-refractivity contribution in [2.24, 2.45) is 0 Å². The van der Waals surface area contributed by atoms with E-state index in [2.05, 4.69) is 4.98 Å². The van der Waals surface area contributed by atoms with Crippen LogP contribution in [-0.4, -0.2) is 29.5 Å². The summed E-state index contributed by atoms with van der Waals surface area (Å²) in [5, 5.41) is 0. The molecule has 19 heavy (non-hydrogen) atoms. The second-order valence-electron chi connectivity index (χ2n) is 5.19. The number of hydrogen-bond donors (Lipinski definition) is 1. The number of benzene rings is 1. The van der Waals surface area contributed by atoms with Crippen molar-refractivity contribution >= 4 is 26.6 Å². The lowest BCUT2D eigenvalue weighted by atomic mass is 10.1. The standard InChI is InChI=1S/C13H17N3O2S/c1-9-15-12-7-10(14)4-5-13(12)16(9)11-3-2-6-19(17,18)8-11/h4-5,7,11H,2-3,6,8,14H2,1H3. The number of nitrogens with zero attached hydrogens (tertiary/aromatic N) is 2. The Labute approximate surface area is 112 Å². The summed E-state index contributed by atoms with van der Waals surface area (Å²) < 4.78 is 25.7. The molecule has 5 nitrogen and oxygen atoms in total. The Morgan fingerprint density at radius 2 is 2.21 bits per heavy atom. The van der Waals surface area contributed by atoms with E-state index in [1.807, 2.05) is 29.7 Å². The van der Waals surface area contributed by atoms with Crippen LogP contribution in [0, 0.1) is 6.92 Å². The number of sulfone groups is 1. The van der Waals surface area contributed by atoms with Crippen LogP contribution in [-0.2, 0) is 9.84 Å². The first kappa shape index (κ1) is 12.5. The molecule has 1 atom stereocenters. The molecule has 1 aromatic carbocycles. The lowest BCUT2D eigenvalue weighted by Crippen LogP contribution is -2.28. The van der Waals surface area contributed by atoms with Crippen LogP contribution in [0.4, 0.5) is 5.69 Å². The summed E-state index contributed by atoms with van der Waals surface area (Å²) >= 11 is 0. The Morgan fingerprint density at radius 1 is 1.42 bits per heavy atom. The molecule has 3 rings (SSSR count). The zero-order valence-electron chi connectivity index (χ0n) is 10.8. The number of aryl methyl sites for hydroxylation is 1. The second-order valence-corrected chi connectivity index (χ2v) is 7.42. The van der Waals surface area contributed by atoms with E-state index in [0.717, 1.165) is 29.7 Å². The van der Waals surface area contributed by atoms with E-state index in [1.165, 1.54) is 0 Å². The monoisotopic (exact) mass is 279 g/mol. The predicted molar refractivity (Wildman–Crippen MR) is 75.8 cm³/mol. The van der Waals surface area contributed by atoms with Gasteiger partial charge in [-0.25, -0.2) is 13.4 Å². The second kappa shape index (κ2) is 4.23. The van der Waals surface area contributed by atoms with Crippen molar-refractivity contribution in [1.82, 2.24) is 9.55 Å². The van der Waals surface area contributed by atoms with Gasteiger partial charge in [-0.05, 0) is 38.0 Å². The Morgan fingerprint density at radius 3 is 2.95 bits per heavy atom. The molecule has 0 saturated carbocycles. The summed E-state index contributed by atoms with van der Waals surface area (Å²) in [4.78, 5) is 4.49. The van der Waals surface area contributed by atoms with Gasteiger partial charge >= 0.3 is 0 Å². The number of hydrogen-bond acceptors (Lipinski definition) is 4. The number of rotatable bonds is 1. The normalized spacial score (nSPS) is 22.7. The highest BCUT2D eigenvalue weighted by atomic mass is 32.2. The molecule has 1 fully saturated rings. The van der Waals surface area contributed by atoms with Crippen molar-refractivity contribution in [2.75, 3.05) is 17.2 Å². The molecule has 0 amide bonds. The molecule has 0 spiro atoms. The molecule has 1 unspecified atom stereocenters. The molecular weight excluding hydrogens is 262 g/mol. The average molecular weight is 279 g/mol. The Kier molecular flexibility index (Phi) is 2.78. The highest BCUT2D eigenvalue weighted by Crippen LogP contribution is 2.29. The topological polar surface area (TPSA) is 78.0 Å². The third-order valence-corrected chi connectivity index (χ3v) is 5.50. The van der Waals surface area contributed by atoms with Crippen LogP contribution in [0.3, 0.4) is 0 Å². The van der Waals surface area contributed by atoms with Gasteiger partial charge in [-0.2, -0.15) is 0 Å². The van der Waals surface area contributed by atoms with Crippen LogP contribution in [0.1, 0.15) is 24.7 Å². The summed E-state index contributed by atoms with van der Waals surface area (Å²) in [6.07, 6.45) is 1.61. The maximum atomic E-state index is 11.8. The van der Waals surface area contributed by atoms with Gasteiger partial charge in [0.1, 0.15) is 5.82 Å². The first-order valence-electron chi connectivity index (χ1n) is 6.41. The molecule has 2 N–H and O–H groups in total. The fourth-order valence-electron chi connectivity index (χ4n) is 2.90. The van der Waals surface area contributed by atoms with E-state index < -0.39 is 9.84 Å². The molecule has 0 radical (unpaired) electrons. The lowest BCUT2D eigenvalue weighted by molar-refractivity contribution is 0.472. The van der Waals surface area contributed by atoms with E-state index in [1.54, 1.807) is 0 Å². The quantitative estimate of drug-likeness (QED) is 0.806. The summed E-state index contributed by atoms with van der Waals surface area (Å²) in [6, 6.07) is 5.58. The Balaban J connectivity index is 2.12. The molecule has 2 heterocycles. The SMILES string of the molecule is Cc1nc2cc(N)ccc2n1C1CCCS(=O)(=O)C1. The number of nitrogen functional groups attached to an aromatic ring is 1. The Bertz CT molecular complexity index is 734. The van der Waals surface area contributed by atoms with Gasteiger partial charge in [-0.3, -0.25) is 0 Å². The van der Waals surface area contributed by atoms with Crippen LogP contribution in [0.2, 0.25) is 0 Å². The number of aromatic nitrogens is 2. The van der Waals surface area contributed by atoms with E-state index in [-0.39, 0.29) is 11.8 Å². The smallest absolute Gasteiger partial charge is 0.152 e. The van der Waals surface area contributed by atoms with Crippen molar-refractivity contribution in [3.8, 4) is 0 Å². The van der Waals surface area contributed by atoms with Crippen LogP contribution in [0.15, 0.2) is 18.2 Å². The van der Waals surface area contributed by atoms with Gasteiger partial charge in [0, 0.05) is 11.7 Å². The fraction of sp³-hybridized carbons (Fsp3) is 0.462. The molecule has 2 aromatic rings. The van der Waals surface area contributed by atoms with Gasteiger partial charge in [0.2, 0.25) is 0 Å². The van der Waals surface area contributed by atoms with Crippen molar-refractivity contribution in [2.45, 2.75) is 25.8 Å². The Hall–Kier alpha value is -1.56. The molecule has 1 aromatic heterocycles. The number of fused-ring (bicyclic) bond motifs is 1. The minimum Gasteiger partial charge on any atom is -0.399 e. The van der Waals surface area contributed by atoms with Crippen molar-refractivity contribution in [3.63, 3.8) is 0 Å². The molecule has 0 aliphatic carbocycles. The molecule has 1 aliphatic heterocycles. The van der Waals surface area contributed by atoms with Crippen molar-refractivity contribution in [1.29, 1.82) is 0 Å². The molecule has 1 saturated heterocycles. The first-order valence-corrected chi connectivity index (χ1v) is 8.23. The zero-order valence-corrected chi connectivity index (χ0v) is 11.7. The van der Waals surface area contributed by atoms with Crippen LogP contribution in [0.5, 0.6) is 0 Å². The van der Waals surface area contributed by atoms with Gasteiger partial charge in [0.25, 0.3) is 0 Å². The number of imidazole rings is 1. The van der Waals surface area contributed by atoms with Gasteiger partial charge in [0.05, 0.1) is 22.5 Å². The fourth-order valence-corrected chi connectivity index (χ4v) is 4.57. The predicted octanol–water partition coefficient (Wildman–Crippen LogP) is 1.68. The first-order chi connectivity index (χ1) is 8.96. The van der Waals surface area contributed by atoms with Crippen molar-refractivity contribution < 1.29 is 8.42 Å². The van der Waals surface area contributed by atoms with E-state index in [4.69, 9.17) is 5.73 Å². The molecule has 102 valence electrons. The lowest BCUT2D eigenvalue weighted by Gasteiger charge is -2.25. The minimum absolute atomic E-state index is 0.00706. The molecular formula is C13H17N3O2S. The maximum Gasteiger partial charge on any atom is 0.152 e. The van der Waals surface area contributed by atoms with Crippen LogP contribution in [0.25, 0.3) is 11.0 Å². The number of nitrogens with two attached hydrogens (primary N) is 1.